The van der Waals surface area contributed by atoms with Crippen molar-refractivity contribution in [3.05, 3.63) is 0 Å². The molecule has 0 radical (unpaired) electrons. The summed E-state index contributed by atoms with van der Waals surface area (Å²) in [4.78, 5) is 14.5. The Morgan fingerprint density at radius 2 is 1.87 bits per heavy atom. The van der Waals surface area contributed by atoms with Crippen molar-refractivity contribution in [3.8, 4) is 0 Å². The Labute approximate surface area is 139 Å². The number of piperidine rings is 1. The molecular weight excluding hydrogens is 294 g/mol. The van der Waals surface area contributed by atoms with Gasteiger partial charge in [0.25, 0.3) is 0 Å². The van der Waals surface area contributed by atoms with Crippen molar-refractivity contribution >= 4 is 5.91 Å². The second-order valence-corrected chi connectivity index (χ2v) is 7.62. The van der Waals surface area contributed by atoms with Gasteiger partial charge in [-0.05, 0) is 38.5 Å². The lowest BCUT2D eigenvalue weighted by Crippen LogP contribution is -2.57. The average molecular weight is 325 g/mol. The SMILES string of the molecule is CO[C@@H]1CCCOC12CCN(C(=O)CC1(O)CCCCC1)CC2. The first-order chi connectivity index (χ1) is 11.1. The third-order valence-corrected chi connectivity index (χ3v) is 6.10. The van der Waals surface area contributed by atoms with Crippen LogP contribution in [0.2, 0.25) is 0 Å². The number of nitrogens with zero attached hydrogens (tertiary/aromatic N) is 1. The Kier molecular flexibility index (Phi) is 5.29. The zero-order valence-electron chi connectivity index (χ0n) is 14.4. The highest BCUT2D eigenvalue weighted by molar-refractivity contribution is 5.77. The van der Waals surface area contributed by atoms with Gasteiger partial charge >= 0.3 is 0 Å². The van der Waals surface area contributed by atoms with Crippen LogP contribution < -0.4 is 0 Å². The van der Waals surface area contributed by atoms with Crippen molar-refractivity contribution in [3.63, 3.8) is 0 Å². The van der Waals surface area contributed by atoms with Crippen LogP contribution in [-0.2, 0) is 14.3 Å². The fourth-order valence-corrected chi connectivity index (χ4v) is 4.61. The Morgan fingerprint density at radius 1 is 1.17 bits per heavy atom. The van der Waals surface area contributed by atoms with Gasteiger partial charge in [0, 0.05) is 26.8 Å². The van der Waals surface area contributed by atoms with Gasteiger partial charge in [0.15, 0.2) is 0 Å². The van der Waals surface area contributed by atoms with E-state index in [1.165, 1.54) is 6.42 Å². The van der Waals surface area contributed by atoms with E-state index < -0.39 is 5.60 Å². The normalized spacial score (nSPS) is 30.3. The maximum atomic E-state index is 12.6. The van der Waals surface area contributed by atoms with Gasteiger partial charge < -0.3 is 19.5 Å². The molecule has 1 saturated carbocycles. The molecule has 0 aromatic carbocycles. The number of ether oxygens (including phenoxy) is 2. The monoisotopic (exact) mass is 325 g/mol. The molecule has 2 heterocycles. The van der Waals surface area contributed by atoms with Crippen LogP contribution in [0.25, 0.3) is 0 Å². The summed E-state index contributed by atoms with van der Waals surface area (Å²) in [5.74, 6) is 0.106. The van der Waals surface area contributed by atoms with Gasteiger partial charge in [-0.2, -0.15) is 0 Å². The molecule has 0 unspecified atom stereocenters. The molecule has 132 valence electrons. The Hall–Kier alpha value is -0.650. The zero-order valence-corrected chi connectivity index (χ0v) is 14.4. The highest BCUT2D eigenvalue weighted by Gasteiger charge is 2.46. The van der Waals surface area contributed by atoms with Crippen molar-refractivity contribution < 1.29 is 19.4 Å². The Morgan fingerprint density at radius 3 is 2.52 bits per heavy atom. The topological polar surface area (TPSA) is 59.0 Å². The molecule has 3 fully saturated rings. The van der Waals surface area contributed by atoms with E-state index in [0.717, 1.165) is 71.1 Å². The fraction of sp³-hybridized carbons (Fsp3) is 0.944. The summed E-state index contributed by atoms with van der Waals surface area (Å²) in [6, 6.07) is 0. The molecule has 1 spiro atoms. The number of carbonyl (C=O) groups excluding carboxylic acids is 1. The summed E-state index contributed by atoms with van der Waals surface area (Å²) >= 11 is 0. The van der Waals surface area contributed by atoms with E-state index in [0.29, 0.717) is 0 Å². The molecule has 3 rings (SSSR count). The second kappa shape index (κ2) is 7.08. The molecule has 1 aliphatic carbocycles. The Balaban J connectivity index is 1.54. The van der Waals surface area contributed by atoms with Crippen LogP contribution in [0.15, 0.2) is 0 Å². The first-order valence-electron chi connectivity index (χ1n) is 9.24. The number of hydrogen-bond donors (Lipinski definition) is 1. The van der Waals surface area contributed by atoms with Crippen molar-refractivity contribution in [2.75, 3.05) is 26.8 Å². The number of carbonyl (C=O) groups is 1. The van der Waals surface area contributed by atoms with E-state index in [9.17, 15) is 9.90 Å². The van der Waals surface area contributed by atoms with E-state index >= 15 is 0 Å². The molecule has 1 amide bonds. The third-order valence-electron chi connectivity index (χ3n) is 6.10. The van der Waals surface area contributed by atoms with Gasteiger partial charge in [-0.3, -0.25) is 4.79 Å². The van der Waals surface area contributed by atoms with Crippen LogP contribution in [0.4, 0.5) is 0 Å². The van der Waals surface area contributed by atoms with Crippen LogP contribution in [0.3, 0.4) is 0 Å². The number of methoxy groups -OCH3 is 1. The van der Waals surface area contributed by atoms with Gasteiger partial charge in [0.05, 0.1) is 23.7 Å². The predicted molar refractivity (Wildman–Crippen MR) is 87.2 cm³/mol. The van der Waals surface area contributed by atoms with Crippen LogP contribution in [0.1, 0.15) is 64.2 Å². The predicted octanol–water partition coefficient (Wildman–Crippen LogP) is 2.26. The molecule has 0 bridgehead atoms. The maximum Gasteiger partial charge on any atom is 0.225 e. The smallest absolute Gasteiger partial charge is 0.225 e. The first kappa shape index (κ1) is 17.2. The first-order valence-corrected chi connectivity index (χ1v) is 9.24. The van der Waals surface area contributed by atoms with Crippen molar-refractivity contribution in [1.29, 1.82) is 0 Å². The maximum absolute atomic E-state index is 12.6. The van der Waals surface area contributed by atoms with E-state index in [2.05, 4.69) is 0 Å². The largest absolute Gasteiger partial charge is 0.389 e. The van der Waals surface area contributed by atoms with Crippen LogP contribution >= 0.6 is 0 Å². The highest BCUT2D eigenvalue weighted by atomic mass is 16.5. The van der Waals surface area contributed by atoms with Crippen molar-refractivity contribution in [1.82, 2.24) is 4.90 Å². The van der Waals surface area contributed by atoms with Crippen LogP contribution in [0.5, 0.6) is 0 Å². The van der Waals surface area contributed by atoms with E-state index in [-0.39, 0.29) is 24.0 Å². The van der Waals surface area contributed by atoms with Gasteiger partial charge in [0.1, 0.15) is 0 Å². The number of likely N-dealkylation sites (tertiary alicyclic amines) is 1. The minimum atomic E-state index is -0.763. The standard InChI is InChI=1S/C18H31NO4/c1-22-15-6-5-13-23-18(15)9-11-19(12-10-18)16(20)14-17(21)7-3-2-4-8-17/h15,21H,2-14H2,1H3/t15-/m1/s1. The zero-order chi connectivity index (χ0) is 16.3. The summed E-state index contributed by atoms with van der Waals surface area (Å²) in [5.41, 5.74) is -0.966. The molecule has 1 atom stereocenters. The number of rotatable bonds is 3. The van der Waals surface area contributed by atoms with Gasteiger partial charge in [-0.1, -0.05) is 19.3 Å². The van der Waals surface area contributed by atoms with E-state index in [1.54, 1.807) is 7.11 Å². The average Bonchev–Trinajstić information content (AvgIpc) is 2.56. The molecule has 1 N–H and O–H groups in total. The fourth-order valence-electron chi connectivity index (χ4n) is 4.61. The van der Waals surface area contributed by atoms with Crippen molar-refractivity contribution in [2.45, 2.75) is 81.5 Å². The van der Waals surface area contributed by atoms with E-state index in [1.807, 2.05) is 4.90 Å². The minimum Gasteiger partial charge on any atom is -0.389 e. The van der Waals surface area contributed by atoms with Crippen LogP contribution in [0, 0.1) is 0 Å². The van der Waals surface area contributed by atoms with Gasteiger partial charge in [-0.15, -0.1) is 0 Å². The highest BCUT2D eigenvalue weighted by Crippen LogP contribution is 2.38. The molecule has 0 aromatic heterocycles. The molecule has 3 aliphatic rings. The summed E-state index contributed by atoms with van der Waals surface area (Å²) in [6.45, 7) is 2.23. The summed E-state index contributed by atoms with van der Waals surface area (Å²) in [5, 5.41) is 10.6. The van der Waals surface area contributed by atoms with Gasteiger partial charge in [0.2, 0.25) is 5.91 Å². The minimum absolute atomic E-state index is 0.106. The number of hydrogen-bond acceptors (Lipinski definition) is 4. The lowest BCUT2D eigenvalue weighted by molar-refractivity contribution is -0.189. The quantitative estimate of drug-likeness (QED) is 0.865. The number of amides is 1. The molecule has 23 heavy (non-hydrogen) atoms. The molecule has 2 saturated heterocycles. The Bertz CT molecular complexity index is 411. The van der Waals surface area contributed by atoms with E-state index in [4.69, 9.17) is 9.47 Å². The van der Waals surface area contributed by atoms with Crippen LogP contribution in [-0.4, -0.2) is 60.0 Å². The van der Waals surface area contributed by atoms with Gasteiger partial charge in [-0.25, -0.2) is 0 Å². The molecular formula is C18H31NO4. The third kappa shape index (κ3) is 3.72. The molecule has 2 aliphatic heterocycles. The summed E-state index contributed by atoms with van der Waals surface area (Å²) < 4.78 is 11.7. The lowest BCUT2D eigenvalue weighted by atomic mass is 9.80. The molecule has 5 nitrogen and oxygen atoms in total. The van der Waals surface area contributed by atoms with Crippen molar-refractivity contribution in [2.24, 2.45) is 0 Å². The molecule has 0 aromatic rings. The second-order valence-electron chi connectivity index (χ2n) is 7.62. The summed E-state index contributed by atoms with van der Waals surface area (Å²) in [6.07, 6.45) is 9.01. The lowest BCUT2D eigenvalue weighted by Gasteiger charge is -2.48. The summed E-state index contributed by atoms with van der Waals surface area (Å²) in [7, 11) is 1.76. The number of aliphatic hydroxyl groups is 1. The molecule has 5 heteroatoms.